The average Bonchev–Trinajstić information content (AvgIpc) is 2.69. The Hall–Kier alpha value is -0.390. The van der Waals surface area contributed by atoms with Crippen molar-refractivity contribution < 1.29 is 0 Å². The highest BCUT2D eigenvalue weighted by atomic mass is 79.9. The molecule has 1 N–H and O–H groups in total. The molecule has 0 bridgehead atoms. The predicted octanol–water partition coefficient (Wildman–Crippen LogP) is 5.15. The molecule has 2 nitrogen and oxygen atoms in total. The van der Waals surface area contributed by atoms with E-state index in [0.29, 0.717) is 0 Å². The smallest absolute Gasteiger partial charge is 0.106 e. The van der Waals surface area contributed by atoms with Crippen LogP contribution in [0.5, 0.6) is 0 Å². The van der Waals surface area contributed by atoms with Gasteiger partial charge in [-0.2, -0.15) is 0 Å². The van der Waals surface area contributed by atoms with E-state index < -0.39 is 0 Å². The van der Waals surface area contributed by atoms with E-state index in [2.05, 4.69) is 60.5 Å². The van der Waals surface area contributed by atoms with Gasteiger partial charge in [0.05, 0.1) is 17.4 Å². The van der Waals surface area contributed by atoms with E-state index >= 15 is 0 Å². The molecule has 0 aromatic carbocycles. The van der Waals surface area contributed by atoms with Gasteiger partial charge >= 0.3 is 0 Å². The van der Waals surface area contributed by atoms with Crippen LogP contribution in [0.2, 0.25) is 0 Å². The Bertz CT molecular complexity index is 525. The van der Waals surface area contributed by atoms with Crippen LogP contribution in [-0.2, 0) is 0 Å². The third-order valence-electron chi connectivity index (χ3n) is 2.44. The number of halogens is 2. The molecule has 2 heterocycles. The minimum atomic E-state index is 0.285. The summed E-state index contributed by atoms with van der Waals surface area (Å²) in [7, 11) is 0. The zero-order valence-corrected chi connectivity index (χ0v) is 13.5. The molecule has 0 saturated heterocycles. The number of rotatable bonds is 3. The minimum Gasteiger partial charge on any atom is -0.376 e. The third kappa shape index (κ3) is 3.30. The SMILES string of the molecule is Cc1nc(Br)ccc1NC(C)c1cc(Br)cs1. The van der Waals surface area contributed by atoms with Crippen molar-refractivity contribution in [1.29, 1.82) is 0 Å². The van der Waals surface area contributed by atoms with E-state index in [-0.39, 0.29) is 6.04 Å². The zero-order chi connectivity index (χ0) is 12.4. The summed E-state index contributed by atoms with van der Waals surface area (Å²) < 4.78 is 2.00. The molecule has 2 aromatic rings. The van der Waals surface area contributed by atoms with Gasteiger partial charge in [-0.1, -0.05) is 0 Å². The number of thiophene rings is 1. The van der Waals surface area contributed by atoms with Gasteiger partial charge in [-0.05, 0) is 63.9 Å². The van der Waals surface area contributed by atoms with Crippen molar-refractivity contribution in [3.63, 3.8) is 0 Å². The fourth-order valence-electron chi connectivity index (χ4n) is 1.54. The Kier molecular flexibility index (Phi) is 4.22. The van der Waals surface area contributed by atoms with E-state index in [1.165, 1.54) is 4.88 Å². The lowest BCUT2D eigenvalue weighted by molar-refractivity contribution is 0.900. The van der Waals surface area contributed by atoms with Crippen LogP contribution in [0.4, 0.5) is 5.69 Å². The van der Waals surface area contributed by atoms with Crippen LogP contribution in [0.1, 0.15) is 23.5 Å². The number of aromatic nitrogens is 1. The second kappa shape index (κ2) is 5.50. The third-order valence-corrected chi connectivity index (χ3v) is 4.76. The van der Waals surface area contributed by atoms with Crippen molar-refractivity contribution in [2.75, 3.05) is 5.32 Å². The number of anilines is 1. The van der Waals surface area contributed by atoms with Gasteiger partial charge in [0, 0.05) is 14.7 Å². The summed E-state index contributed by atoms with van der Waals surface area (Å²) >= 11 is 8.59. The Morgan fingerprint density at radius 2 is 2.12 bits per heavy atom. The van der Waals surface area contributed by atoms with Crippen LogP contribution in [0.3, 0.4) is 0 Å². The molecule has 0 saturated carbocycles. The van der Waals surface area contributed by atoms with Crippen LogP contribution >= 0.6 is 43.2 Å². The first-order chi connectivity index (χ1) is 8.06. The molecule has 0 radical (unpaired) electrons. The van der Waals surface area contributed by atoms with Crippen molar-refractivity contribution >= 4 is 48.9 Å². The van der Waals surface area contributed by atoms with Gasteiger partial charge in [0.15, 0.2) is 0 Å². The number of hydrogen-bond acceptors (Lipinski definition) is 3. The standard InChI is InChI=1S/C12H12Br2N2S/c1-7-10(3-4-12(14)16-7)15-8(2)11-5-9(13)6-17-11/h3-6,8,15H,1-2H3. The number of hydrogen-bond donors (Lipinski definition) is 1. The first-order valence-electron chi connectivity index (χ1n) is 5.20. The molecule has 2 aromatic heterocycles. The molecular weight excluding hydrogens is 364 g/mol. The van der Waals surface area contributed by atoms with Gasteiger partial charge in [0.25, 0.3) is 0 Å². The number of nitrogens with zero attached hydrogens (tertiary/aromatic N) is 1. The van der Waals surface area contributed by atoms with Crippen molar-refractivity contribution in [3.05, 3.63) is 43.2 Å². The van der Waals surface area contributed by atoms with Crippen LogP contribution in [-0.4, -0.2) is 4.98 Å². The van der Waals surface area contributed by atoms with Crippen molar-refractivity contribution in [2.24, 2.45) is 0 Å². The van der Waals surface area contributed by atoms with E-state index in [9.17, 15) is 0 Å². The molecule has 90 valence electrons. The molecule has 0 aliphatic rings. The predicted molar refractivity (Wildman–Crippen MR) is 80.7 cm³/mol. The number of nitrogens with one attached hydrogen (secondary N) is 1. The first-order valence-corrected chi connectivity index (χ1v) is 7.66. The van der Waals surface area contributed by atoms with Crippen LogP contribution in [0.15, 0.2) is 32.7 Å². The maximum Gasteiger partial charge on any atom is 0.106 e. The Labute approximate surface area is 122 Å². The lowest BCUT2D eigenvalue weighted by Crippen LogP contribution is -2.06. The van der Waals surface area contributed by atoms with E-state index in [1.807, 2.05) is 19.1 Å². The van der Waals surface area contributed by atoms with E-state index in [4.69, 9.17) is 0 Å². The van der Waals surface area contributed by atoms with Crippen molar-refractivity contribution in [1.82, 2.24) is 4.98 Å². The summed E-state index contributed by atoms with van der Waals surface area (Å²) in [6.07, 6.45) is 0. The summed E-state index contributed by atoms with van der Waals surface area (Å²) in [5, 5.41) is 5.57. The first kappa shape index (κ1) is 13.1. The molecular formula is C12H12Br2N2S. The number of aryl methyl sites for hydroxylation is 1. The fourth-order valence-corrected chi connectivity index (χ4v) is 3.39. The lowest BCUT2D eigenvalue weighted by atomic mass is 10.2. The molecule has 2 rings (SSSR count). The van der Waals surface area contributed by atoms with Gasteiger partial charge in [0.2, 0.25) is 0 Å². The maximum atomic E-state index is 4.37. The summed E-state index contributed by atoms with van der Waals surface area (Å²) in [5.41, 5.74) is 2.08. The van der Waals surface area contributed by atoms with E-state index in [0.717, 1.165) is 20.5 Å². The Balaban J connectivity index is 2.15. The van der Waals surface area contributed by atoms with Crippen molar-refractivity contribution in [2.45, 2.75) is 19.9 Å². The maximum absolute atomic E-state index is 4.37. The summed E-state index contributed by atoms with van der Waals surface area (Å²) in [6.45, 7) is 4.16. The van der Waals surface area contributed by atoms with Crippen LogP contribution < -0.4 is 5.32 Å². The van der Waals surface area contributed by atoms with Crippen molar-refractivity contribution in [3.8, 4) is 0 Å². The topological polar surface area (TPSA) is 24.9 Å². The lowest BCUT2D eigenvalue weighted by Gasteiger charge is -2.15. The quantitative estimate of drug-likeness (QED) is 0.750. The van der Waals surface area contributed by atoms with Gasteiger partial charge in [-0.3, -0.25) is 0 Å². The molecule has 0 aliphatic carbocycles. The van der Waals surface area contributed by atoms with Gasteiger partial charge in [-0.25, -0.2) is 4.98 Å². The highest BCUT2D eigenvalue weighted by Crippen LogP contribution is 2.28. The highest BCUT2D eigenvalue weighted by Gasteiger charge is 2.09. The minimum absolute atomic E-state index is 0.285. The van der Waals surface area contributed by atoms with E-state index in [1.54, 1.807) is 11.3 Å². The normalized spacial score (nSPS) is 12.5. The molecule has 0 fully saturated rings. The number of pyridine rings is 1. The molecule has 17 heavy (non-hydrogen) atoms. The molecule has 1 atom stereocenters. The molecule has 1 unspecified atom stereocenters. The molecule has 0 aliphatic heterocycles. The summed E-state index contributed by atoms with van der Waals surface area (Å²) in [4.78, 5) is 5.68. The van der Waals surface area contributed by atoms with Gasteiger partial charge in [0.1, 0.15) is 4.60 Å². The highest BCUT2D eigenvalue weighted by molar-refractivity contribution is 9.10. The summed E-state index contributed by atoms with van der Waals surface area (Å²) in [5.74, 6) is 0. The zero-order valence-electron chi connectivity index (χ0n) is 9.50. The Morgan fingerprint density at radius 1 is 1.35 bits per heavy atom. The summed E-state index contributed by atoms with van der Waals surface area (Å²) in [6, 6.07) is 6.43. The fraction of sp³-hybridized carbons (Fsp3) is 0.250. The Morgan fingerprint density at radius 3 is 2.71 bits per heavy atom. The van der Waals surface area contributed by atoms with Gasteiger partial charge in [-0.15, -0.1) is 11.3 Å². The second-order valence-corrected chi connectivity index (χ2v) is 6.47. The largest absolute Gasteiger partial charge is 0.376 e. The van der Waals surface area contributed by atoms with Gasteiger partial charge < -0.3 is 5.32 Å². The molecule has 5 heteroatoms. The molecule has 0 spiro atoms. The van der Waals surface area contributed by atoms with Crippen LogP contribution in [0.25, 0.3) is 0 Å². The second-order valence-electron chi connectivity index (χ2n) is 3.80. The monoisotopic (exact) mass is 374 g/mol. The molecule has 0 amide bonds. The van der Waals surface area contributed by atoms with Crippen LogP contribution in [0, 0.1) is 6.92 Å². The average molecular weight is 376 g/mol.